The highest BCUT2D eigenvalue weighted by Gasteiger charge is 2.37. The fourth-order valence-electron chi connectivity index (χ4n) is 4.43. The topological polar surface area (TPSA) is 88.1 Å². The van der Waals surface area contributed by atoms with E-state index in [-0.39, 0.29) is 24.2 Å². The third-order valence-corrected chi connectivity index (χ3v) is 6.32. The van der Waals surface area contributed by atoms with Crippen LogP contribution in [-0.2, 0) is 22.6 Å². The van der Waals surface area contributed by atoms with Crippen LogP contribution in [0, 0.1) is 0 Å². The van der Waals surface area contributed by atoms with E-state index in [0.29, 0.717) is 37.1 Å². The Hall–Kier alpha value is -3.20. The number of anilines is 1. The monoisotopic (exact) mass is 474 g/mol. The highest BCUT2D eigenvalue weighted by Crippen LogP contribution is 2.34. The highest BCUT2D eigenvalue weighted by atomic mass is 19.3. The molecule has 1 saturated heterocycles. The predicted octanol–water partition coefficient (Wildman–Crippen LogP) is 4.08. The summed E-state index contributed by atoms with van der Waals surface area (Å²) in [5.41, 5.74) is 3.13. The maximum absolute atomic E-state index is 12.9. The van der Waals surface area contributed by atoms with Gasteiger partial charge in [-0.3, -0.25) is 14.9 Å². The number of halogens is 2. The minimum atomic E-state index is -2.93. The van der Waals surface area contributed by atoms with Crippen molar-refractivity contribution in [1.82, 2.24) is 5.32 Å². The summed E-state index contributed by atoms with van der Waals surface area (Å²) in [5, 5.41) is 12.0. The van der Waals surface area contributed by atoms with Crippen molar-refractivity contribution in [3.8, 4) is 11.5 Å². The van der Waals surface area contributed by atoms with Crippen molar-refractivity contribution in [3.63, 3.8) is 0 Å². The number of carbonyl (C=O) groups is 2. The molecule has 7 nitrogen and oxygen atoms in total. The van der Waals surface area contributed by atoms with E-state index in [0.717, 1.165) is 16.8 Å². The maximum Gasteiger partial charge on any atom is 0.387 e. The Labute approximate surface area is 196 Å². The van der Waals surface area contributed by atoms with E-state index < -0.39 is 24.7 Å². The van der Waals surface area contributed by atoms with Crippen LogP contribution in [0.5, 0.6) is 11.5 Å². The molecule has 9 heteroatoms. The van der Waals surface area contributed by atoms with E-state index in [1.165, 1.54) is 0 Å². The zero-order valence-corrected chi connectivity index (χ0v) is 19.1. The number of ether oxygens (including phenoxy) is 2. The van der Waals surface area contributed by atoms with Crippen LogP contribution >= 0.6 is 0 Å². The summed E-state index contributed by atoms with van der Waals surface area (Å²) in [5.74, 6) is -0.237. The van der Waals surface area contributed by atoms with Crippen LogP contribution in [0.3, 0.4) is 0 Å². The smallest absolute Gasteiger partial charge is 0.387 e. The minimum Gasteiger partial charge on any atom is -0.489 e. The largest absolute Gasteiger partial charge is 0.489 e. The molecule has 0 spiro atoms. The molecule has 2 heterocycles. The van der Waals surface area contributed by atoms with Gasteiger partial charge in [0, 0.05) is 17.8 Å². The molecule has 4 rings (SSSR count). The van der Waals surface area contributed by atoms with E-state index in [2.05, 4.69) is 5.32 Å². The number of carbonyl (C=O) groups excluding carboxylic acids is 1. The summed E-state index contributed by atoms with van der Waals surface area (Å²) in [7, 11) is 0. The maximum atomic E-state index is 12.9. The number of benzene rings is 2. The fraction of sp³-hybridized carbons (Fsp3) is 0.440. The molecule has 0 radical (unpaired) electrons. The SMILES string of the molecule is CC(C)c1ccc(COc2ccc3c(c2)CCN3C(=O)[C@@H]2CC[C@@H](C(=O)O)N2)c(OC(F)F)c1. The lowest BCUT2D eigenvalue weighted by Gasteiger charge is -2.22. The van der Waals surface area contributed by atoms with Crippen LogP contribution in [0.4, 0.5) is 14.5 Å². The molecule has 0 bridgehead atoms. The van der Waals surface area contributed by atoms with Crippen molar-refractivity contribution < 1.29 is 33.0 Å². The molecule has 2 aliphatic rings. The van der Waals surface area contributed by atoms with Gasteiger partial charge >= 0.3 is 12.6 Å². The van der Waals surface area contributed by atoms with E-state index in [9.17, 15) is 18.4 Å². The number of rotatable bonds is 8. The molecule has 2 N–H and O–H groups in total. The van der Waals surface area contributed by atoms with Gasteiger partial charge in [-0.15, -0.1) is 0 Å². The summed E-state index contributed by atoms with van der Waals surface area (Å²) in [6.45, 7) is 1.60. The van der Waals surface area contributed by atoms with E-state index in [4.69, 9.17) is 14.6 Å². The van der Waals surface area contributed by atoms with Crippen molar-refractivity contribution >= 4 is 17.6 Å². The Morgan fingerprint density at radius 1 is 1.15 bits per heavy atom. The van der Waals surface area contributed by atoms with Gasteiger partial charge in [-0.1, -0.05) is 26.0 Å². The van der Waals surface area contributed by atoms with Crippen molar-refractivity contribution in [2.75, 3.05) is 11.4 Å². The lowest BCUT2D eigenvalue weighted by atomic mass is 10.0. The summed E-state index contributed by atoms with van der Waals surface area (Å²) >= 11 is 0. The van der Waals surface area contributed by atoms with Crippen LogP contribution in [0.25, 0.3) is 0 Å². The first-order valence-electron chi connectivity index (χ1n) is 11.4. The van der Waals surface area contributed by atoms with Gasteiger partial charge in [-0.05, 0) is 60.6 Å². The molecular weight excluding hydrogens is 446 g/mol. The number of amides is 1. The van der Waals surface area contributed by atoms with Crippen LogP contribution < -0.4 is 19.7 Å². The quantitative estimate of drug-likeness (QED) is 0.599. The number of alkyl halides is 2. The Kier molecular flexibility index (Phi) is 7.02. The van der Waals surface area contributed by atoms with Crippen molar-refractivity contribution in [1.29, 1.82) is 0 Å². The number of hydrogen-bond acceptors (Lipinski definition) is 5. The Morgan fingerprint density at radius 3 is 2.59 bits per heavy atom. The summed E-state index contributed by atoms with van der Waals surface area (Å²) < 4.78 is 36.4. The second-order valence-electron chi connectivity index (χ2n) is 8.91. The zero-order valence-electron chi connectivity index (χ0n) is 19.1. The standard InChI is InChI=1S/C25H28F2N2O5/c1-14(2)15-3-4-17(22(12-15)34-25(26)27)13-33-18-5-8-21-16(11-18)9-10-29(21)23(30)19-6-7-20(28-19)24(31)32/h3-5,8,11-12,14,19-20,25,28H,6-7,9-10,13H2,1-2H3,(H,31,32)/t19-,20-/m0/s1. The predicted molar refractivity (Wildman–Crippen MR) is 122 cm³/mol. The Bertz CT molecular complexity index is 1080. The molecular formula is C25H28F2N2O5. The molecule has 2 atom stereocenters. The van der Waals surface area contributed by atoms with Gasteiger partial charge in [0.2, 0.25) is 5.91 Å². The van der Waals surface area contributed by atoms with Crippen LogP contribution in [-0.4, -0.2) is 42.2 Å². The number of nitrogens with one attached hydrogen (secondary N) is 1. The van der Waals surface area contributed by atoms with Crippen LogP contribution in [0.1, 0.15) is 49.3 Å². The van der Waals surface area contributed by atoms with Gasteiger partial charge in [0.05, 0.1) is 6.04 Å². The Morgan fingerprint density at radius 2 is 1.91 bits per heavy atom. The fourth-order valence-corrected chi connectivity index (χ4v) is 4.43. The zero-order chi connectivity index (χ0) is 24.4. The molecule has 2 aromatic rings. The number of fused-ring (bicyclic) bond motifs is 1. The van der Waals surface area contributed by atoms with Crippen LogP contribution in [0.15, 0.2) is 36.4 Å². The molecule has 0 aliphatic carbocycles. The molecule has 182 valence electrons. The third-order valence-electron chi connectivity index (χ3n) is 6.32. The molecule has 0 unspecified atom stereocenters. The second kappa shape index (κ2) is 9.97. The molecule has 0 saturated carbocycles. The Balaban J connectivity index is 1.43. The number of carboxylic acids is 1. The first-order chi connectivity index (χ1) is 16.2. The lowest BCUT2D eigenvalue weighted by Crippen LogP contribution is -2.46. The molecule has 34 heavy (non-hydrogen) atoms. The van der Waals surface area contributed by atoms with Crippen LogP contribution in [0.2, 0.25) is 0 Å². The van der Waals surface area contributed by atoms with Gasteiger partial charge in [-0.2, -0.15) is 8.78 Å². The third kappa shape index (κ3) is 5.14. The molecule has 2 aliphatic heterocycles. The van der Waals surface area contributed by atoms with E-state index >= 15 is 0 Å². The number of carboxylic acid groups (broad SMARTS) is 1. The summed E-state index contributed by atoms with van der Waals surface area (Å²) in [6.07, 6.45) is 1.56. The highest BCUT2D eigenvalue weighted by molar-refractivity contribution is 5.99. The van der Waals surface area contributed by atoms with E-state index in [1.807, 2.05) is 26.0 Å². The van der Waals surface area contributed by atoms with Crippen molar-refractivity contribution in [2.24, 2.45) is 0 Å². The van der Waals surface area contributed by atoms with E-state index in [1.54, 1.807) is 29.2 Å². The average molecular weight is 475 g/mol. The first-order valence-corrected chi connectivity index (χ1v) is 11.4. The number of aliphatic carboxylic acids is 1. The average Bonchev–Trinajstić information content (AvgIpc) is 3.45. The first kappa shape index (κ1) is 23.9. The second-order valence-corrected chi connectivity index (χ2v) is 8.91. The summed E-state index contributed by atoms with van der Waals surface area (Å²) in [6, 6.07) is 9.42. The number of hydrogen-bond donors (Lipinski definition) is 2. The minimum absolute atomic E-state index is 0.0600. The van der Waals surface area contributed by atoms with Gasteiger partial charge in [0.25, 0.3) is 0 Å². The number of nitrogens with zero attached hydrogens (tertiary/aromatic N) is 1. The molecule has 0 aromatic heterocycles. The van der Waals surface area contributed by atoms with Gasteiger partial charge in [0.1, 0.15) is 24.1 Å². The van der Waals surface area contributed by atoms with Crippen molar-refractivity contribution in [2.45, 2.75) is 64.3 Å². The lowest BCUT2D eigenvalue weighted by molar-refractivity contribution is -0.139. The van der Waals surface area contributed by atoms with Gasteiger partial charge < -0.3 is 19.5 Å². The normalized spacial score (nSPS) is 19.5. The molecule has 1 fully saturated rings. The van der Waals surface area contributed by atoms with Gasteiger partial charge in [-0.25, -0.2) is 0 Å². The molecule has 2 aromatic carbocycles. The summed E-state index contributed by atoms with van der Waals surface area (Å²) in [4.78, 5) is 25.8. The van der Waals surface area contributed by atoms with Gasteiger partial charge in [0.15, 0.2) is 0 Å². The molecule has 1 amide bonds. The van der Waals surface area contributed by atoms with Crippen molar-refractivity contribution in [3.05, 3.63) is 53.1 Å².